The van der Waals surface area contributed by atoms with Crippen LogP contribution in [0.4, 0.5) is 11.6 Å². The van der Waals surface area contributed by atoms with Gasteiger partial charge in [-0.05, 0) is 44.5 Å². The highest BCUT2D eigenvalue weighted by Crippen LogP contribution is 2.23. The highest BCUT2D eigenvalue weighted by atomic mass is 32.1. The normalized spacial score (nSPS) is 10.3. The van der Waals surface area contributed by atoms with Crippen LogP contribution in [0.15, 0.2) is 30.3 Å². The molecule has 0 aliphatic rings. The molecule has 20 heavy (non-hydrogen) atoms. The van der Waals surface area contributed by atoms with Gasteiger partial charge in [-0.1, -0.05) is 24.4 Å². The molecule has 0 bridgehead atoms. The minimum absolute atomic E-state index is 0.289. The average Bonchev–Trinajstić information content (AvgIpc) is 2.39. The summed E-state index contributed by atoms with van der Waals surface area (Å²) in [6, 6.07) is 10.0. The van der Waals surface area contributed by atoms with E-state index in [9.17, 15) is 0 Å². The second-order valence-electron chi connectivity index (χ2n) is 4.64. The molecule has 0 atom stereocenters. The van der Waals surface area contributed by atoms with E-state index in [4.69, 9.17) is 18.0 Å². The molecule has 0 radical (unpaired) electrons. The van der Waals surface area contributed by atoms with Crippen molar-refractivity contribution in [2.45, 2.75) is 20.8 Å². The Morgan fingerprint density at radius 3 is 2.60 bits per heavy atom. The van der Waals surface area contributed by atoms with Crippen LogP contribution in [0.25, 0.3) is 0 Å². The van der Waals surface area contributed by atoms with Gasteiger partial charge in [0.15, 0.2) is 0 Å². The fourth-order valence-electron chi connectivity index (χ4n) is 2.04. The maximum absolute atomic E-state index is 5.68. The summed E-state index contributed by atoms with van der Waals surface area (Å²) >= 11 is 5.01. The Kier molecular flexibility index (Phi) is 4.29. The van der Waals surface area contributed by atoms with E-state index in [1.165, 1.54) is 5.56 Å². The lowest BCUT2D eigenvalue weighted by molar-refractivity contribution is 0.930. The van der Waals surface area contributed by atoms with Crippen LogP contribution >= 0.6 is 12.2 Å². The molecule has 1 heterocycles. The highest BCUT2D eigenvalue weighted by Gasteiger charge is 2.13. The molecule has 0 amide bonds. The molecule has 1 aromatic carbocycles. The molecular formula is C15H18N4S. The van der Waals surface area contributed by atoms with Gasteiger partial charge in [0.25, 0.3) is 0 Å². The van der Waals surface area contributed by atoms with Gasteiger partial charge in [0.2, 0.25) is 5.95 Å². The second kappa shape index (κ2) is 5.96. The van der Waals surface area contributed by atoms with E-state index in [2.05, 4.69) is 35.9 Å². The summed E-state index contributed by atoms with van der Waals surface area (Å²) in [4.78, 5) is 11.3. The minimum atomic E-state index is 0.289. The molecule has 4 nitrogen and oxygen atoms in total. The van der Waals surface area contributed by atoms with Gasteiger partial charge >= 0.3 is 0 Å². The van der Waals surface area contributed by atoms with Crippen molar-refractivity contribution in [3.05, 3.63) is 47.3 Å². The summed E-state index contributed by atoms with van der Waals surface area (Å²) in [6.45, 7) is 6.81. The number of nitrogens with zero attached hydrogens (tertiary/aromatic N) is 3. The maximum atomic E-state index is 5.68. The van der Waals surface area contributed by atoms with Gasteiger partial charge in [0.05, 0.1) is 0 Å². The number of hydrogen-bond acceptors (Lipinski definition) is 4. The topological polar surface area (TPSA) is 55.0 Å². The van der Waals surface area contributed by atoms with Crippen LogP contribution in [-0.2, 0) is 0 Å². The van der Waals surface area contributed by atoms with E-state index in [0.717, 1.165) is 17.9 Å². The first-order valence-corrected chi connectivity index (χ1v) is 6.91. The van der Waals surface area contributed by atoms with Crippen LogP contribution in [0.5, 0.6) is 0 Å². The lowest BCUT2D eigenvalue weighted by Crippen LogP contribution is -2.22. The summed E-state index contributed by atoms with van der Waals surface area (Å²) in [6.07, 6.45) is 0. The first-order chi connectivity index (χ1) is 9.51. The zero-order valence-corrected chi connectivity index (χ0v) is 12.7. The van der Waals surface area contributed by atoms with Gasteiger partial charge in [0.1, 0.15) is 10.7 Å². The third-order valence-electron chi connectivity index (χ3n) is 2.97. The van der Waals surface area contributed by atoms with E-state index in [1.807, 2.05) is 24.0 Å². The van der Waals surface area contributed by atoms with E-state index in [0.29, 0.717) is 11.6 Å². The second-order valence-corrected chi connectivity index (χ2v) is 5.08. The van der Waals surface area contributed by atoms with E-state index in [1.54, 1.807) is 6.07 Å². The first kappa shape index (κ1) is 14.4. The Bertz CT molecular complexity index is 640. The van der Waals surface area contributed by atoms with Crippen molar-refractivity contribution in [2.24, 2.45) is 5.73 Å². The lowest BCUT2D eigenvalue weighted by atomic mass is 10.2. The molecule has 2 rings (SSSR count). The van der Waals surface area contributed by atoms with Gasteiger partial charge in [-0.15, -0.1) is 0 Å². The summed E-state index contributed by atoms with van der Waals surface area (Å²) in [5.74, 6) is 0.626. The molecule has 2 aromatic rings. The van der Waals surface area contributed by atoms with E-state index < -0.39 is 0 Å². The third kappa shape index (κ3) is 3.11. The summed E-state index contributed by atoms with van der Waals surface area (Å²) in [7, 11) is 0. The Hall–Kier alpha value is -2.01. The van der Waals surface area contributed by atoms with Crippen LogP contribution in [0, 0.1) is 13.8 Å². The molecule has 0 unspecified atom stereocenters. The van der Waals surface area contributed by atoms with Crippen molar-refractivity contribution in [1.82, 2.24) is 9.97 Å². The number of aryl methyl sites for hydroxylation is 2. The molecule has 0 aliphatic heterocycles. The summed E-state index contributed by atoms with van der Waals surface area (Å²) in [5, 5.41) is 0. The molecule has 104 valence electrons. The number of rotatable bonds is 4. The van der Waals surface area contributed by atoms with Gasteiger partial charge in [0, 0.05) is 17.9 Å². The number of hydrogen-bond donors (Lipinski definition) is 1. The summed E-state index contributed by atoms with van der Waals surface area (Å²) in [5.41, 5.74) is 9.39. The van der Waals surface area contributed by atoms with Gasteiger partial charge in [-0.2, -0.15) is 0 Å². The number of aromatic nitrogens is 2. The molecule has 1 aromatic heterocycles. The van der Waals surface area contributed by atoms with Crippen molar-refractivity contribution in [3.8, 4) is 0 Å². The van der Waals surface area contributed by atoms with Crippen LogP contribution in [0.2, 0.25) is 0 Å². The molecule has 2 N–H and O–H groups in total. The zero-order valence-electron chi connectivity index (χ0n) is 11.9. The number of thiocarbonyl (C=S) groups is 1. The maximum Gasteiger partial charge on any atom is 0.230 e. The number of benzene rings is 1. The SMILES string of the molecule is CCN(c1cccc(C)c1)c1nc(C)cc(C(N)=S)n1. The van der Waals surface area contributed by atoms with Crippen LogP contribution in [0.3, 0.4) is 0 Å². The Labute approximate surface area is 124 Å². The molecule has 0 saturated carbocycles. The van der Waals surface area contributed by atoms with Gasteiger partial charge in [-0.3, -0.25) is 0 Å². The van der Waals surface area contributed by atoms with Crippen LogP contribution in [0.1, 0.15) is 23.9 Å². The van der Waals surface area contributed by atoms with Gasteiger partial charge in [-0.25, -0.2) is 9.97 Å². The fourth-order valence-corrected chi connectivity index (χ4v) is 2.14. The lowest BCUT2D eigenvalue weighted by Gasteiger charge is -2.22. The summed E-state index contributed by atoms with van der Waals surface area (Å²) < 4.78 is 0. The zero-order chi connectivity index (χ0) is 14.7. The Balaban J connectivity index is 2.49. The van der Waals surface area contributed by atoms with E-state index in [-0.39, 0.29) is 4.99 Å². The van der Waals surface area contributed by atoms with Crippen molar-refractivity contribution in [1.29, 1.82) is 0 Å². The van der Waals surface area contributed by atoms with Crippen molar-refractivity contribution in [2.75, 3.05) is 11.4 Å². The van der Waals surface area contributed by atoms with Crippen molar-refractivity contribution in [3.63, 3.8) is 0 Å². The quantitative estimate of drug-likeness (QED) is 0.876. The van der Waals surface area contributed by atoms with Crippen LogP contribution < -0.4 is 10.6 Å². The molecule has 0 aliphatic carbocycles. The molecule has 0 saturated heterocycles. The van der Waals surface area contributed by atoms with Crippen molar-refractivity contribution >= 4 is 28.8 Å². The fraction of sp³-hybridized carbons (Fsp3) is 0.267. The van der Waals surface area contributed by atoms with Crippen LogP contribution in [-0.4, -0.2) is 21.5 Å². The van der Waals surface area contributed by atoms with Crippen molar-refractivity contribution < 1.29 is 0 Å². The minimum Gasteiger partial charge on any atom is -0.388 e. The highest BCUT2D eigenvalue weighted by molar-refractivity contribution is 7.80. The molecule has 0 fully saturated rings. The van der Waals surface area contributed by atoms with Gasteiger partial charge < -0.3 is 10.6 Å². The predicted octanol–water partition coefficient (Wildman–Crippen LogP) is 2.89. The molecular weight excluding hydrogens is 268 g/mol. The largest absolute Gasteiger partial charge is 0.388 e. The average molecular weight is 286 g/mol. The Morgan fingerprint density at radius 2 is 2.00 bits per heavy atom. The first-order valence-electron chi connectivity index (χ1n) is 6.51. The number of anilines is 2. The number of nitrogens with two attached hydrogens (primary N) is 1. The molecule has 5 heteroatoms. The Morgan fingerprint density at radius 1 is 1.25 bits per heavy atom. The smallest absolute Gasteiger partial charge is 0.230 e. The third-order valence-corrected chi connectivity index (χ3v) is 3.17. The molecule has 0 spiro atoms. The van der Waals surface area contributed by atoms with E-state index >= 15 is 0 Å². The predicted molar refractivity (Wildman–Crippen MR) is 86.5 cm³/mol. The standard InChI is InChI=1S/C15H18N4S/c1-4-19(12-7-5-6-10(2)8-12)15-17-11(3)9-13(18-15)14(16)20/h5-9H,4H2,1-3H3,(H2,16,20). The monoisotopic (exact) mass is 286 g/mol.